The average molecular weight is 422 g/mol. The van der Waals surface area contributed by atoms with Crippen LogP contribution in [0, 0.1) is 19.8 Å². The number of carbonyl (C=O) groups excluding carboxylic acids is 1. The summed E-state index contributed by atoms with van der Waals surface area (Å²) in [5.74, 6) is -0.0561. The first kappa shape index (κ1) is 23.2. The second-order valence-electron chi connectivity index (χ2n) is 8.21. The maximum Gasteiger partial charge on any atom is 0.310 e. The molecule has 4 nitrogen and oxygen atoms in total. The van der Waals surface area contributed by atoms with E-state index in [1.807, 2.05) is 6.92 Å². The van der Waals surface area contributed by atoms with Crippen molar-refractivity contribution in [2.75, 3.05) is 39.5 Å². The van der Waals surface area contributed by atoms with Gasteiger partial charge in [0, 0.05) is 13.1 Å². The number of likely N-dealkylation sites (tertiary alicyclic amines) is 1. The van der Waals surface area contributed by atoms with E-state index in [0.29, 0.717) is 19.8 Å². The fourth-order valence-electron chi connectivity index (χ4n) is 4.25. The van der Waals surface area contributed by atoms with Crippen molar-refractivity contribution in [1.82, 2.24) is 4.90 Å². The molecular formula is C27H35NO3. The number of piperidine rings is 1. The standard InChI is InChI=1S/C27H35NO3/c1-4-31-27(29)23-12-9-16-28(20-23)17-19-30-18-15-26(24-13-7-5-10-21(24)2)25-14-8-6-11-22(25)3/h5-8,10-11,13-15,23H,4,9,12,16-20H2,1-3H3. The van der Waals surface area contributed by atoms with Crippen LogP contribution < -0.4 is 0 Å². The van der Waals surface area contributed by atoms with Crippen LogP contribution in [-0.4, -0.2) is 50.3 Å². The number of carbonyl (C=O) groups is 1. The van der Waals surface area contributed by atoms with Gasteiger partial charge in [-0.05, 0) is 68.0 Å². The number of aryl methyl sites for hydroxylation is 2. The van der Waals surface area contributed by atoms with E-state index in [4.69, 9.17) is 9.47 Å². The smallest absolute Gasteiger partial charge is 0.310 e. The van der Waals surface area contributed by atoms with Gasteiger partial charge in [0.2, 0.25) is 0 Å². The van der Waals surface area contributed by atoms with Crippen molar-refractivity contribution in [1.29, 1.82) is 0 Å². The van der Waals surface area contributed by atoms with Gasteiger partial charge in [-0.2, -0.15) is 0 Å². The van der Waals surface area contributed by atoms with Crippen LogP contribution in [0.4, 0.5) is 0 Å². The highest BCUT2D eigenvalue weighted by atomic mass is 16.5. The van der Waals surface area contributed by atoms with E-state index in [1.165, 1.54) is 27.8 Å². The molecule has 166 valence electrons. The van der Waals surface area contributed by atoms with Crippen molar-refractivity contribution in [3.63, 3.8) is 0 Å². The van der Waals surface area contributed by atoms with Gasteiger partial charge in [-0.3, -0.25) is 4.79 Å². The molecule has 1 aliphatic rings. The van der Waals surface area contributed by atoms with Crippen LogP contribution >= 0.6 is 0 Å². The normalized spacial score (nSPS) is 16.7. The number of hydrogen-bond acceptors (Lipinski definition) is 4. The molecular weight excluding hydrogens is 386 g/mol. The van der Waals surface area contributed by atoms with Gasteiger partial charge < -0.3 is 14.4 Å². The summed E-state index contributed by atoms with van der Waals surface area (Å²) in [7, 11) is 0. The highest BCUT2D eigenvalue weighted by Gasteiger charge is 2.26. The zero-order valence-electron chi connectivity index (χ0n) is 19.1. The maximum atomic E-state index is 12.0. The molecule has 1 atom stereocenters. The minimum Gasteiger partial charge on any atom is -0.466 e. The number of esters is 1. The van der Waals surface area contributed by atoms with Crippen molar-refractivity contribution < 1.29 is 14.3 Å². The van der Waals surface area contributed by atoms with Gasteiger partial charge in [0.1, 0.15) is 0 Å². The Labute approximate surface area is 186 Å². The number of hydrogen-bond donors (Lipinski definition) is 0. The maximum absolute atomic E-state index is 12.0. The Balaban J connectivity index is 1.59. The summed E-state index contributed by atoms with van der Waals surface area (Å²) in [5.41, 5.74) is 6.23. The first-order valence-electron chi connectivity index (χ1n) is 11.4. The van der Waals surface area contributed by atoms with Gasteiger partial charge >= 0.3 is 5.97 Å². The predicted octanol–water partition coefficient (Wildman–Crippen LogP) is 5.03. The Hall–Kier alpha value is -2.43. The zero-order chi connectivity index (χ0) is 22.1. The topological polar surface area (TPSA) is 38.8 Å². The molecule has 1 heterocycles. The monoisotopic (exact) mass is 421 g/mol. The first-order valence-corrected chi connectivity index (χ1v) is 11.4. The van der Waals surface area contributed by atoms with Crippen LogP contribution in [0.5, 0.6) is 0 Å². The highest BCUT2D eigenvalue weighted by molar-refractivity contribution is 5.82. The van der Waals surface area contributed by atoms with E-state index in [0.717, 1.165) is 32.5 Å². The molecule has 0 aliphatic carbocycles. The van der Waals surface area contributed by atoms with Crippen LogP contribution in [0.15, 0.2) is 54.6 Å². The number of nitrogens with zero attached hydrogens (tertiary/aromatic N) is 1. The van der Waals surface area contributed by atoms with Gasteiger partial charge in [-0.25, -0.2) is 0 Å². The molecule has 0 aromatic heterocycles. The van der Waals surface area contributed by atoms with Crippen LogP contribution in [0.25, 0.3) is 5.57 Å². The summed E-state index contributed by atoms with van der Waals surface area (Å²) in [6.45, 7) is 10.5. The molecule has 0 radical (unpaired) electrons. The lowest BCUT2D eigenvalue weighted by atomic mass is 9.91. The van der Waals surface area contributed by atoms with Gasteiger partial charge in [-0.15, -0.1) is 0 Å². The van der Waals surface area contributed by atoms with E-state index in [-0.39, 0.29) is 11.9 Å². The molecule has 31 heavy (non-hydrogen) atoms. The number of rotatable bonds is 9. The second-order valence-corrected chi connectivity index (χ2v) is 8.21. The van der Waals surface area contributed by atoms with Crippen LogP contribution in [0.2, 0.25) is 0 Å². The minimum absolute atomic E-state index is 0.00214. The third-order valence-corrected chi connectivity index (χ3v) is 5.95. The first-order chi connectivity index (χ1) is 15.1. The molecule has 2 aromatic rings. The molecule has 1 aliphatic heterocycles. The molecule has 2 aromatic carbocycles. The van der Waals surface area contributed by atoms with Crippen molar-refractivity contribution in [3.8, 4) is 0 Å². The third-order valence-electron chi connectivity index (χ3n) is 5.95. The van der Waals surface area contributed by atoms with Crippen molar-refractivity contribution >= 4 is 11.5 Å². The summed E-state index contributed by atoms with van der Waals surface area (Å²) < 4.78 is 11.2. The Morgan fingerprint density at radius 1 is 1.06 bits per heavy atom. The molecule has 1 fully saturated rings. The quantitative estimate of drug-likeness (QED) is 0.421. The van der Waals surface area contributed by atoms with Gasteiger partial charge in [0.25, 0.3) is 0 Å². The van der Waals surface area contributed by atoms with E-state index in [1.54, 1.807) is 0 Å². The second kappa shape index (κ2) is 11.8. The molecule has 4 heteroatoms. The molecule has 1 unspecified atom stereocenters. The third kappa shape index (κ3) is 6.52. The number of benzene rings is 2. The van der Waals surface area contributed by atoms with Crippen LogP contribution in [-0.2, 0) is 14.3 Å². The fourth-order valence-corrected chi connectivity index (χ4v) is 4.25. The van der Waals surface area contributed by atoms with Gasteiger partial charge in [0.15, 0.2) is 0 Å². The lowest BCUT2D eigenvalue weighted by Crippen LogP contribution is -2.40. The zero-order valence-corrected chi connectivity index (χ0v) is 19.1. The van der Waals surface area contributed by atoms with E-state index in [9.17, 15) is 4.79 Å². The van der Waals surface area contributed by atoms with Gasteiger partial charge in [-0.1, -0.05) is 54.6 Å². The molecule has 0 saturated carbocycles. The summed E-state index contributed by atoms with van der Waals surface area (Å²) >= 11 is 0. The Kier molecular flexibility index (Phi) is 8.86. The summed E-state index contributed by atoms with van der Waals surface area (Å²) in [5, 5.41) is 0. The molecule has 0 bridgehead atoms. The van der Waals surface area contributed by atoms with E-state index < -0.39 is 0 Å². The Morgan fingerprint density at radius 3 is 2.32 bits per heavy atom. The fraction of sp³-hybridized carbons (Fsp3) is 0.444. The molecule has 1 saturated heterocycles. The molecule has 0 spiro atoms. The van der Waals surface area contributed by atoms with Crippen molar-refractivity contribution in [2.24, 2.45) is 5.92 Å². The lowest BCUT2D eigenvalue weighted by molar-refractivity contribution is -0.150. The van der Waals surface area contributed by atoms with Gasteiger partial charge in [0.05, 0.1) is 25.7 Å². The molecule has 3 rings (SSSR count). The van der Waals surface area contributed by atoms with E-state index >= 15 is 0 Å². The predicted molar refractivity (Wildman–Crippen MR) is 126 cm³/mol. The SMILES string of the molecule is CCOC(=O)C1CCCN(CCOCC=C(c2ccccc2C)c2ccccc2C)C1. The summed E-state index contributed by atoms with van der Waals surface area (Å²) in [6, 6.07) is 17.0. The largest absolute Gasteiger partial charge is 0.466 e. The Morgan fingerprint density at radius 2 is 1.71 bits per heavy atom. The summed E-state index contributed by atoms with van der Waals surface area (Å²) in [6.07, 6.45) is 4.16. The number of ether oxygens (including phenoxy) is 2. The molecule has 0 amide bonds. The lowest BCUT2D eigenvalue weighted by Gasteiger charge is -2.31. The van der Waals surface area contributed by atoms with Crippen LogP contribution in [0.3, 0.4) is 0 Å². The van der Waals surface area contributed by atoms with E-state index in [2.05, 4.69) is 73.4 Å². The molecule has 0 N–H and O–H groups in total. The van der Waals surface area contributed by atoms with Crippen molar-refractivity contribution in [2.45, 2.75) is 33.6 Å². The van der Waals surface area contributed by atoms with Crippen molar-refractivity contribution in [3.05, 3.63) is 76.9 Å². The highest BCUT2D eigenvalue weighted by Crippen LogP contribution is 2.28. The average Bonchev–Trinajstić information content (AvgIpc) is 2.78. The van der Waals surface area contributed by atoms with Crippen LogP contribution in [0.1, 0.15) is 42.0 Å². The Bertz CT molecular complexity index is 842. The minimum atomic E-state index is -0.0582. The summed E-state index contributed by atoms with van der Waals surface area (Å²) in [4.78, 5) is 14.3.